The van der Waals surface area contributed by atoms with E-state index in [1.54, 1.807) is 12.0 Å². The number of urea groups is 1. The molecule has 0 saturated carbocycles. The molecule has 130 valence electrons. The Bertz CT molecular complexity index is 611. The highest BCUT2D eigenvalue weighted by atomic mass is 16.5. The summed E-state index contributed by atoms with van der Waals surface area (Å²) < 4.78 is 5.21. The Morgan fingerprint density at radius 1 is 1.29 bits per heavy atom. The van der Waals surface area contributed by atoms with Gasteiger partial charge in [-0.15, -0.1) is 0 Å². The summed E-state index contributed by atoms with van der Waals surface area (Å²) in [6.45, 7) is 4.32. The van der Waals surface area contributed by atoms with Gasteiger partial charge in [0.2, 0.25) is 5.91 Å². The first-order valence-corrected chi connectivity index (χ1v) is 8.56. The van der Waals surface area contributed by atoms with Crippen LogP contribution in [-0.4, -0.2) is 49.6 Å². The molecule has 1 aromatic rings. The minimum absolute atomic E-state index is 0.0285. The number of hydrogen-bond donors (Lipinski definition) is 1. The van der Waals surface area contributed by atoms with E-state index in [4.69, 9.17) is 4.74 Å². The smallest absolute Gasteiger partial charge is 0.317 e. The molecule has 3 amide bonds. The summed E-state index contributed by atoms with van der Waals surface area (Å²) in [6.07, 6.45) is 2.44. The number of benzene rings is 1. The lowest BCUT2D eigenvalue weighted by atomic mass is 10.00. The number of rotatable bonds is 3. The monoisotopic (exact) mass is 331 g/mol. The van der Waals surface area contributed by atoms with Gasteiger partial charge in [0.25, 0.3) is 0 Å². The molecule has 2 aliphatic heterocycles. The third-order valence-corrected chi connectivity index (χ3v) is 4.89. The third kappa shape index (κ3) is 3.63. The molecule has 24 heavy (non-hydrogen) atoms. The van der Waals surface area contributed by atoms with Crippen molar-refractivity contribution in [3.63, 3.8) is 0 Å². The van der Waals surface area contributed by atoms with E-state index in [0.717, 1.165) is 37.4 Å². The van der Waals surface area contributed by atoms with Gasteiger partial charge in [0.15, 0.2) is 0 Å². The number of amides is 3. The minimum atomic E-state index is -0.143. The normalized spacial score (nSPS) is 21.9. The first-order chi connectivity index (χ1) is 11.6. The second kappa shape index (κ2) is 7.11. The standard InChI is InChI=1S/C18H25N3O3/c1-13-6-8-20(9-7-13)18(23)19-14-10-17(22)21(12-14)15-4-3-5-16(11-15)24-2/h3-5,11,13-14H,6-10,12H2,1-2H3,(H,19,23). The van der Waals surface area contributed by atoms with E-state index in [-0.39, 0.29) is 18.0 Å². The largest absolute Gasteiger partial charge is 0.497 e. The van der Waals surface area contributed by atoms with E-state index in [0.29, 0.717) is 18.9 Å². The lowest BCUT2D eigenvalue weighted by molar-refractivity contribution is -0.117. The van der Waals surface area contributed by atoms with Crippen LogP contribution in [0.2, 0.25) is 0 Å². The fourth-order valence-electron chi connectivity index (χ4n) is 3.31. The maximum atomic E-state index is 12.4. The number of hydrogen-bond acceptors (Lipinski definition) is 3. The van der Waals surface area contributed by atoms with Gasteiger partial charge in [0.05, 0.1) is 13.2 Å². The predicted octanol–water partition coefficient (Wildman–Crippen LogP) is 2.24. The second-order valence-corrected chi connectivity index (χ2v) is 6.73. The molecule has 0 radical (unpaired) electrons. The first-order valence-electron chi connectivity index (χ1n) is 8.56. The van der Waals surface area contributed by atoms with Gasteiger partial charge in [-0.05, 0) is 30.9 Å². The summed E-state index contributed by atoms with van der Waals surface area (Å²) in [7, 11) is 1.60. The Hall–Kier alpha value is -2.24. The molecule has 1 aromatic carbocycles. The average Bonchev–Trinajstić information content (AvgIpc) is 2.95. The summed E-state index contributed by atoms with van der Waals surface area (Å²) >= 11 is 0. The molecule has 0 aromatic heterocycles. The van der Waals surface area contributed by atoms with Crippen molar-refractivity contribution < 1.29 is 14.3 Å². The van der Waals surface area contributed by atoms with E-state index < -0.39 is 0 Å². The van der Waals surface area contributed by atoms with Gasteiger partial charge in [0.1, 0.15) is 5.75 Å². The van der Waals surface area contributed by atoms with Crippen LogP contribution < -0.4 is 15.0 Å². The Kier molecular flexibility index (Phi) is 4.92. The van der Waals surface area contributed by atoms with Crippen molar-refractivity contribution in [2.24, 2.45) is 5.92 Å². The highest BCUT2D eigenvalue weighted by molar-refractivity contribution is 5.97. The van der Waals surface area contributed by atoms with Crippen molar-refractivity contribution in [3.05, 3.63) is 24.3 Å². The van der Waals surface area contributed by atoms with E-state index in [1.807, 2.05) is 29.2 Å². The summed E-state index contributed by atoms with van der Waals surface area (Å²) in [4.78, 5) is 28.3. The zero-order valence-electron chi connectivity index (χ0n) is 14.3. The van der Waals surface area contributed by atoms with Gasteiger partial charge in [-0.25, -0.2) is 4.79 Å². The number of likely N-dealkylation sites (tertiary alicyclic amines) is 1. The van der Waals surface area contributed by atoms with Crippen molar-refractivity contribution in [3.8, 4) is 5.75 Å². The molecule has 0 bridgehead atoms. The topological polar surface area (TPSA) is 61.9 Å². The number of ether oxygens (including phenoxy) is 1. The maximum Gasteiger partial charge on any atom is 0.317 e. The zero-order valence-corrected chi connectivity index (χ0v) is 14.3. The van der Waals surface area contributed by atoms with Crippen LogP contribution in [0.25, 0.3) is 0 Å². The summed E-state index contributed by atoms with van der Waals surface area (Å²) in [6, 6.07) is 7.25. The number of piperidine rings is 1. The molecule has 2 aliphatic rings. The number of carbonyl (C=O) groups excluding carboxylic acids is 2. The average molecular weight is 331 g/mol. The first kappa shape index (κ1) is 16.6. The highest BCUT2D eigenvalue weighted by Gasteiger charge is 2.33. The Morgan fingerprint density at radius 2 is 2.04 bits per heavy atom. The van der Waals surface area contributed by atoms with Gasteiger partial charge in [0, 0.05) is 37.8 Å². The van der Waals surface area contributed by atoms with Crippen LogP contribution in [0.5, 0.6) is 5.75 Å². The molecule has 1 atom stereocenters. The SMILES string of the molecule is COc1cccc(N2CC(NC(=O)N3CCC(C)CC3)CC2=O)c1. The van der Waals surface area contributed by atoms with Crippen LogP contribution in [-0.2, 0) is 4.79 Å². The van der Waals surface area contributed by atoms with E-state index in [1.165, 1.54) is 0 Å². The van der Waals surface area contributed by atoms with E-state index in [2.05, 4.69) is 12.2 Å². The molecule has 6 nitrogen and oxygen atoms in total. The van der Waals surface area contributed by atoms with Crippen molar-refractivity contribution in [1.29, 1.82) is 0 Å². The van der Waals surface area contributed by atoms with Gasteiger partial charge in [-0.1, -0.05) is 13.0 Å². The van der Waals surface area contributed by atoms with Crippen LogP contribution in [0.4, 0.5) is 10.5 Å². The fourth-order valence-corrected chi connectivity index (χ4v) is 3.31. The Labute approximate surface area is 142 Å². The number of carbonyl (C=O) groups is 2. The number of nitrogens with one attached hydrogen (secondary N) is 1. The van der Waals surface area contributed by atoms with Crippen LogP contribution in [0, 0.1) is 5.92 Å². The third-order valence-electron chi connectivity index (χ3n) is 4.89. The molecule has 3 rings (SSSR count). The van der Waals surface area contributed by atoms with E-state index >= 15 is 0 Å². The van der Waals surface area contributed by atoms with Crippen LogP contribution in [0.1, 0.15) is 26.2 Å². The highest BCUT2D eigenvalue weighted by Crippen LogP contribution is 2.25. The van der Waals surface area contributed by atoms with Crippen molar-refractivity contribution in [2.75, 3.05) is 31.6 Å². The Morgan fingerprint density at radius 3 is 2.75 bits per heavy atom. The fraction of sp³-hybridized carbons (Fsp3) is 0.556. The summed E-state index contributed by atoms with van der Waals surface area (Å²) in [5, 5.41) is 3.02. The molecular weight excluding hydrogens is 306 g/mol. The lowest BCUT2D eigenvalue weighted by Crippen LogP contribution is -2.48. The minimum Gasteiger partial charge on any atom is -0.497 e. The quantitative estimate of drug-likeness (QED) is 0.924. The maximum absolute atomic E-state index is 12.4. The lowest BCUT2D eigenvalue weighted by Gasteiger charge is -2.31. The van der Waals surface area contributed by atoms with Gasteiger partial charge in [-0.2, -0.15) is 0 Å². The summed E-state index contributed by atoms with van der Waals surface area (Å²) in [5.74, 6) is 1.43. The van der Waals surface area contributed by atoms with E-state index in [9.17, 15) is 9.59 Å². The molecule has 0 aliphatic carbocycles. The van der Waals surface area contributed by atoms with Crippen LogP contribution in [0.15, 0.2) is 24.3 Å². The molecule has 1 N–H and O–H groups in total. The molecule has 2 fully saturated rings. The molecular formula is C18H25N3O3. The van der Waals surface area contributed by atoms with Crippen molar-refractivity contribution in [2.45, 2.75) is 32.2 Å². The molecule has 1 unspecified atom stereocenters. The van der Waals surface area contributed by atoms with Gasteiger partial charge in [-0.3, -0.25) is 4.79 Å². The molecule has 2 saturated heterocycles. The number of anilines is 1. The van der Waals surface area contributed by atoms with Crippen molar-refractivity contribution >= 4 is 17.6 Å². The molecule has 2 heterocycles. The number of methoxy groups -OCH3 is 1. The predicted molar refractivity (Wildman–Crippen MR) is 92.3 cm³/mol. The van der Waals surface area contributed by atoms with Gasteiger partial charge >= 0.3 is 6.03 Å². The number of nitrogens with zero attached hydrogens (tertiary/aromatic N) is 2. The zero-order chi connectivity index (χ0) is 17.1. The molecule has 0 spiro atoms. The van der Waals surface area contributed by atoms with Crippen LogP contribution >= 0.6 is 0 Å². The molecule has 6 heteroatoms. The van der Waals surface area contributed by atoms with Crippen LogP contribution in [0.3, 0.4) is 0 Å². The second-order valence-electron chi connectivity index (χ2n) is 6.73. The summed E-state index contributed by atoms with van der Waals surface area (Å²) in [5.41, 5.74) is 0.808. The Balaban J connectivity index is 1.59. The van der Waals surface area contributed by atoms with Crippen molar-refractivity contribution in [1.82, 2.24) is 10.2 Å². The van der Waals surface area contributed by atoms with Gasteiger partial charge < -0.3 is 19.9 Å².